The van der Waals surface area contributed by atoms with Crippen LogP contribution < -0.4 is 11.1 Å². The third-order valence-electron chi connectivity index (χ3n) is 2.32. The third kappa shape index (κ3) is 3.62. The molecule has 15 heavy (non-hydrogen) atoms. The van der Waals surface area contributed by atoms with Gasteiger partial charge < -0.3 is 11.1 Å². The van der Waals surface area contributed by atoms with Crippen molar-refractivity contribution in [2.45, 2.75) is 26.7 Å². The van der Waals surface area contributed by atoms with E-state index in [9.17, 15) is 4.79 Å². The highest BCUT2D eigenvalue weighted by Gasteiger charge is 2.11. The lowest BCUT2D eigenvalue weighted by atomic mass is 10.1. The summed E-state index contributed by atoms with van der Waals surface area (Å²) >= 11 is 0. The number of rotatable bonds is 4. The van der Waals surface area contributed by atoms with Gasteiger partial charge in [0.25, 0.3) is 0 Å². The monoisotopic (exact) mass is 206 g/mol. The molecule has 3 N–H and O–H groups in total. The number of carbonyl (C=O) groups is 1. The maximum absolute atomic E-state index is 11.7. The molecule has 1 atom stereocenters. The third-order valence-corrected chi connectivity index (χ3v) is 2.32. The number of benzene rings is 1. The van der Waals surface area contributed by atoms with E-state index >= 15 is 0 Å². The van der Waals surface area contributed by atoms with E-state index in [-0.39, 0.29) is 11.8 Å². The molecule has 0 saturated carbocycles. The van der Waals surface area contributed by atoms with Crippen LogP contribution in [0.3, 0.4) is 0 Å². The fraction of sp³-hybridized carbons (Fsp3) is 0.417. The number of nitrogens with one attached hydrogen (secondary N) is 1. The van der Waals surface area contributed by atoms with E-state index < -0.39 is 0 Å². The number of hydrogen-bond donors (Lipinski definition) is 2. The molecule has 3 heteroatoms. The molecule has 0 unspecified atom stereocenters. The lowest BCUT2D eigenvalue weighted by Gasteiger charge is -2.11. The molecule has 1 rings (SSSR count). The number of hydrogen-bond acceptors (Lipinski definition) is 2. The van der Waals surface area contributed by atoms with E-state index in [1.54, 1.807) is 12.1 Å². The molecular formula is C12H18N2O. The van der Waals surface area contributed by atoms with Crippen LogP contribution in [0.5, 0.6) is 0 Å². The molecule has 0 aliphatic carbocycles. The largest absolute Gasteiger partial charge is 0.399 e. The Balaban J connectivity index is 2.58. The summed E-state index contributed by atoms with van der Waals surface area (Å²) in [4.78, 5) is 11.7. The minimum Gasteiger partial charge on any atom is -0.399 e. The molecule has 0 spiro atoms. The van der Waals surface area contributed by atoms with Crippen LogP contribution in [-0.2, 0) is 4.79 Å². The summed E-state index contributed by atoms with van der Waals surface area (Å²) in [6, 6.07) is 7.23. The Bertz CT molecular complexity index is 336. The van der Waals surface area contributed by atoms with Crippen molar-refractivity contribution in [1.82, 2.24) is 0 Å². The number of anilines is 2. The molecule has 0 aromatic heterocycles. The maximum atomic E-state index is 11.7. The zero-order valence-electron chi connectivity index (χ0n) is 9.29. The van der Waals surface area contributed by atoms with Crippen LogP contribution in [0, 0.1) is 5.92 Å². The smallest absolute Gasteiger partial charge is 0.227 e. The Kier molecular flexibility index (Phi) is 4.16. The van der Waals surface area contributed by atoms with Gasteiger partial charge in [-0.2, -0.15) is 0 Å². The molecule has 0 heterocycles. The molecule has 1 aromatic rings. The molecule has 82 valence electrons. The first-order chi connectivity index (χ1) is 7.13. The van der Waals surface area contributed by atoms with Crippen LogP contribution in [0.4, 0.5) is 11.4 Å². The first-order valence-electron chi connectivity index (χ1n) is 5.30. The standard InChI is InChI=1S/C12H18N2O/c1-3-5-9(2)12(15)14-11-7-4-6-10(13)8-11/h4,6-9H,3,5,13H2,1-2H3,(H,14,15)/t9-/m0/s1. The summed E-state index contributed by atoms with van der Waals surface area (Å²) in [6.07, 6.45) is 1.93. The van der Waals surface area contributed by atoms with Crippen molar-refractivity contribution in [2.75, 3.05) is 11.1 Å². The Morgan fingerprint density at radius 3 is 2.87 bits per heavy atom. The highest BCUT2D eigenvalue weighted by Crippen LogP contribution is 2.14. The van der Waals surface area contributed by atoms with Crippen molar-refractivity contribution < 1.29 is 4.79 Å². The Hall–Kier alpha value is -1.51. The van der Waals surface area contributed by atoms with E-state index in [2.05, 4.69) is 12.2 Å². The topological polar surface area (TPSA) is 55.1 Å². The predicted molar refractivity (Wildman–Crippen MR) is 63.6 cm³/mol. The van der Waals surface area contributed by atoms with Crippen LogP contribution in [0.1, 0.15) is 26.7 Å². The van der Waals surface area contributed by atoms with Crippen molar-refractivity contribution in [2.24, 2.45) is 5.92 Å². The minimum atomic E-state index is 0.0523. The van der Waals surface area contributed by atoms with Gasteiger partial charge in [-0.15, -0.1) is 0 Å². The van der Waals surface area contributed by atoms with Gasteiger partial charge in [0.05, 0.1) is 0 Å². The quantitative estimate of drug-likeness (QED) is 0.744. The first-order valence-corrected chi connectivity index (χ1v) is 5.30. The van der Waals surface area contributed by atoms with E-state index in [0.29, 0.717) is 5.69 Å². The fourth-order valence-corrected chi connectivity index (χ4v) is 1.45. The summed E-state index contributed by atoms with van der Waals surface area (Å²) in [5.41, 5.74) is 7.05. The van der Waals surface area contributed by atoms with Crippen molar-refractivity contribution in [3.8, 4) is 0 Å². The van der Waals surface area contributed by atoms with Crippen LogP contribution in [0.2, 0.25) is 0 Å². The van der Waals surface area contributed by atoms with Crippen LogP contribution >= 0.6 is 0 Å². The zero-order valence-corrected chi connectivity index (χ0v) is 9.29. The summed E-state index contributed by atoms with van der Waals surface area (Å²) < 4.78 is 0. The van der Waals surface area contributed by atoms with Crippen molar-refractivity contribution in [3.63, 3.8) is 0 Å². The normalized spacial score (nSPS) is 12.1. The second kappa shape index (κ2) is 5.39. The van der Waals surface area contributed by atoms with Gasteiger partial charge in [0, 0.05) is 17.3 Å². The second-order valence-corrected chi connectivity index (χ2v) is 3.80. The van der Waals surface area contributed by atoms with Crippen LogP contribution in [0.15, 0.2) is 24.3 Å². The van der Waals surface area contributed by atoms with E-state index in [1.165, 1.54) is 0 Å². The number of nitrogens with two attached hydrogens (primary N) is 1. The molecule has 1 amide bonds. The highest BCUT2D eigenvalue weighted by atomic mass is 16.1. The SMILES string of the molecule is CCC[C@H](C)C(=O)Nc1cccc(N)c1. The van der Waals surface area contributed by atoms with Gasteiger partial charge in [0.1, 0.15) is 0 Å². The number of amides is 1. The van der Waals surface area contributed by atoms with Gasteiger partial charge in [0.15, 0.2) is 0 Å². The predicted octanol–water partition coefficient (Wildman–Crippen LogP) is 2.64. The lowest BCUT2D eigenvalue weighted by Crippen LogP contribution is -2.20. The summed E-state index contributed by atoms with van der Waals surface area (Å²) in [6.45, 7) is 4.01. The van der Waals surface area contributed by atoms with Crippen molar-refractivity contribution in [3.05, 3.63) is 24.3 Å². The Labute approximate surface area is 90.7 Å². The van der Waals surface area contributed by atoms with Gasteiger partial charge in [-0.1, -0.05) is 26.3 Å². The minimum absolute atomic E-state index is 0.0523. The number of carbonyl (C=O) groups excluding carboxylic acids is 1. The van der Waals surface area contributed by atoms with E-state index in [1.807, 2.05) is 19.1 Å². The molecule has 0 fully saturated rings. The number of nitrogen functional groups attached to an aromatic ring is 1. The van der Waals surface area contributed by atoms with Gasteiger partial charge in [-0.25, -0.2) is 0 Å². The Morgan fingerprint density at radius 2 is 2.27 bits per heavy atom. The van der Waals surface area contributed by atoms with Crippen LogP contribution in [0.25, 0.3) is 0 Å². The molecule has 0 radical (unpaired) electrons. The molecule has 0 aliphatic rings. The molecule has 0 aliphatic heterocycles. The van der Waals surface area contributed by atoms with Gasteiger partial charge in [-0.05, 0) is 24.6 Å². The maximum Gasteiger partial charge on any atom is 0.227 e. The first kappa shape index (κ1) is 11.6. The fourth-order valence-electron chi connectivity index (χ4n) is 1.45. The van der Waals surface area contributed by atoms with Gasteiger partial charge >= 0.3 is 0 Å². The molecule has 0 bridgehead atoms. The zero-order chi connectivity index (χ0) is 11.3. The average Bonchev–Trinajstić information content (AvgIpc) is 2.18. The summed E-state index contributed by atoms with van der Waals surface area (Å²) in [5.74, 6) is 0.110. The highest BCUT2D eigenvalue weighted by molar-refractivity contribution is 5.92. The van der Waals surface area contributed by atoms with Gasteiger partial charge in [-0.3, -0.25) is 4.79 Å². The summed E-state index contributed by atoms with van der Waals surface area (Å²) in [5, 5.41) is 2.85. The Morgan fingerprint density at radius 1 is 1.53 bits per heavy atom. The molecular weight excluding hydrogens is 188 g/mol. The molecule has 0 saturated heterocycles. The second-order valence-electron chi connectivity index (χ2n) is 3.80. The van der Waals surface area contributed by atoms with E-state index in [4.69, 9.17) is 5.73 Å². The van der Waals surface area contributed by atoms with Crippen molar-refractivity contribution in [1.29, 1.82) is 0 Å². The van der Waals surface area contributed by atoms with Crippen molar-refractivity contribution >= 4 is 17.3 Å². The summed E-state index contributed by atoms with van der Waals surface area (Å²) in [7, 11) is 0. The van der Waals surface area contributed by atoms with E-state index in [0.717, 1.165) is 18.5 Å². The average molecular weight is 206 g/mol. The van der Waals surface area contributed by atoms with Crippen LogP contribution in [-0.4, -0.2) is 5.91 Å². The molecule has 1 aromatic carbocycles. The van der Waals surface area contributed by atoms with Gasteiger partial charge in [0.2, 0.25) is 5.91 Å². The molecule has 3 nitrogen and oxygen atoms in total. The lowest BCUT2D eigenvalue weighted by molar-refractivity contribution is -0.119.